The van der Waals surface area contributed by atoms with Gasteiger partial charge in [-0.2, -0.15) is 0 Å². The summed E-state index contributed by atoms with van der Waals surface area (Å²) in [6.07, 6.45) is 2.86. The van der Waals surface area contributed by atoms with Gasteiger partial charge in [0, 0.05) is 19.2 Å². The maximum Gasteiger partial charge on any atom is 0.244 e. The van der Waals surface area contributed by atoms with Gasteiger partial charge in [-0.3, -0.25) is 0 Å². The van der Waals surface area contributed by atoms with E-state index in [9.17, 15) is 8.42 Å². The number of hydrogen-bond acceptors (Lipinski definition) is 3. The molecule has 0 amide bonds. The molecule has 1 aromatic carbocycles. The SMILES string of the molecule is CCCCCN(C)S(=O)(=O)c1ccc(C(N)=S)cc1Cl. The number of benzene rings is 1. The van der Waals surface area contributed by atoms with Gasteiger partial charge >= 0.3 is 0 Å². The van der Waals surface area contributed by atoms with Crippen molar-refractivity contribution in [3.63, 3.8) is 0 Å². The summed E-state index contributed by atoms with van der Waals surface area (Å²) >= 11 is 10.9. The quantitative estimate of drug-likeness (QED) is 0.615. The fourth-order valence-electron chi connectivity index (χ4n) is 1.74. The second kappa shape index (κ2) is 7.36. The van der Waals surface area contributed by atoms with Crippen molar-refractivity contribution < 1.29 is 8.42 Å². The fraction of sp³-hybridized carbons (Fsp3) is 0.462. The molecule has 0 aliphatic heterocycles. The molecule has 4 nitrogen and oxygen atoms in total. The minimum atomic E-state index is -3.58. The van der Waals surface area contributed by atoms with Gasteiger partial charge in [0.05, 0.1) is 5.02 Å². The molecule has 0 spiro atoms. The molecule has 20 heavy (non-hydrogen) atoms. The average molecular weight is 335 g/mol. The molecule has 0 unspecified atom stereocenters. The highest BCUT2D eigenvalue weighted by molar-refractivity contribution is 7.89. The number of unbranched alkanes of at least 4 members (excludes halogenated alkanes) is 2. The Labute approximate surface area is 131 Å². The second-order valence-electron chi connectivity index (χ2n) is 4.54. The Balaban J connectivity index is 3.00. The van der Waals surface area contributed by atoms with Crippen LogP contribution in [0.25, 0.3) is 0 Å². The largest absolute Gasteiger partial charge is 0.389 e. The average Bonchev–Trinajstić information content (AvgIpc) is 2.38. The maximum absolute atomic E-state index is 12.4. The van der Waals surface area contributed by atoms with E-state index in [1.165, 1.54) is 16.4 Å². The molecule has 112 valence electrons. The highest BCUT2D eigenvalue weighted by Gasteiger charge is 2.23. The number of rotatable bonds is 7. The van der Waals surface area contributed by atoms with Gasteiger partial charge in [-0.05, 0) is 18.6 Å². The van der Waals surface area contributed by atoms with E-state index in [-0.39, 0.29) is 14.9 Å². The van der Waals surface area contributed by atoms with E-state index in [1.54, 1.807) is 13.1 Å². The van der Waals surface area contributed by atoms with Gasteiger partial charge in [-0.25, -0.2) is 12.7 Å². The van der Waals surface area contributed by atoms with Crippen LogP contribution in [0.4, 0.5) is 0 Å². The van der Waals surface area contributed by atoms with E-state index < -0.39 is 10.0 Å². The van der Waals surface area contributed by atoms with Crippen LogP contribution >= 0.6 is 23.8 Å². The Kier molecular flexibility index (Phi) is 6.39. The Bertz CT molecular complexity index is 588. The normalized spacial score (nSPS) is 11.8. The van der Waals surface area contributed by atoms with Gasteiger partial charge in [0.25, 0.3) is 0 Å². The molecule has 0 bridgehead atoms. The van der Waals surface area contributed by atoms with Crippen molar-refractivity contribution in [1.29, 1.82) is 0 Å². The molecule has 0 saturated heterocycles. The van der Waals surface area contributed by atoms with Gasteiger partial charge < -0.3 is 5.73 Å². The molecule has 0 aromatic heterocycles. The minimum Gasteiger partial charge on any atom is -0.389 e. The zero-order valence-electron chi connectivity index (χ0n) is 11.6. The first-order chi connectivity index (χ1) is 9.30. The lowest BCUT2D eigenvalue weighted by molar-refractivity contribution is 0.454. The molecule has 0 atom stereocenters. The number of hydrogen-bond donors (Lipinski definition) is 1. The third-order valence-electron chi connectivity index (χ3n) is 2.98. The van der Waals surface area contributed by atoms with Crippen LogP contribution in [0.1, 0.15) is 31.7 Å². The van der Waals surface area contributed by atoms with Crippen molar-refractivity contribution in [2.45, 2.75) is 31.1 Å². The Morgan fingerprint density at radius 1 is 1.40 bits per heavy atom. The summed E-state index contributed by atoms with van der Waals surface area (Å²) in [6, 6.07) is 4.50. The number of thiocarbonyl (C=S) groups is 1. The van der Waals surface area contributed by atoms with Crippen LogP contribution in [0, 0.1) is 0 Å². The van der Waals surface area contributed by atoms with Crippen LogP contribution in [0.5, 0.6) is 0 Å². The van der Waals surface area contributed by atoms with Crippen molar-refractivity contribution in [2.75, 3.05) is 13.6 Å². The second-order valence-corrected chi connectivity index (χ2v) is 7.40. The molecule has 0 radical (unpaired) electrons. The van der Waals surface area contributed by atoms with Gasteiger partial charge in [0.15, 0.2) is 0 Å². The van der Waals surface area contributed by atoms with E-state index in [1.807, 2.05) is 0 Å². The van der Waals surface area contributed by atoms with Crippen LogP contribution in [-0.2, 0) is 10.0 Å². The maximum atomic E-state index is 12.4. The molecule has 2 N–H and O–H groups in total. The highest BCUT2D eigenvalue weighted by atomic mass is 35.5. The zero-order valence-corrected chi connectivity index (χ0v) is 14.0. The van der Waals surface area contributed by atoms with Crippen LogP contribution < -0.4 is 5.73 Å². The molecule has 0 saturated carbocycles. The Morgan fingerprint density at radius 3 is 2.55 bits per heavy atom. The topological polar surface area (TPSA) is 63.4 Å². The Hall–Kier alpha value is -0.690. The number of nitrogens with two attached hydrogens (primary N) is 1. The van der Waals surface area contributed by atoms with Crippen LogP contribution in [0.2, 0.25) is 5.02 Å². The standard InChI is InChI=1S/C13H19ClN2O2S2/c1-3-4-5-8-16(2)20(17,18)12-7-6-10(13(15)19)9-11(12)14/h6-7,9H,3-5,8H2,1-2H3,(H2,15,19). The third-order valence-corrected chi connectivity index (χ3v) is 5.56. The molecule has 1 rings (SSSR count). The number of halogens is 1. The summed E-state index contributed by atoms with van der Waals surface area (Å²) in [6.45, 7) is 2.54. The predicted molar refractivity (Wildman–Crippen MR) is 86.7 cm³/mol. The summed E-state index contributed by atoms with van der Waals surface area (Å²) in [5.41, 5.74) is 6.05. The molecule has 0 fully saturated rings. The summed E-state index contributed by atoms with van der Waals surface area (Å²) in [7, 11) is -2.02. The summed E-state index contributed by atoms with van der Waals surface area (Å²) in [4.78, 5) is 0.269. The van der Waals surface area contributed by atoms with Crippen molar-refractivity contribution in [2.24, 2.45) is 5.73 Å². The monoisotopic (exact) mass is 334 g/mol. The zero-order chi connectivity index (χ0) is 15.3. The van der Waals surface area contributed by atoms with Crippen molar-refractivity contribution in [3.8, 4) is 0 Å². The molecular weight excluding hydrogens is 316 g/mol. The van der Waals surface area contributed by atoms with Crippen LogP contribution in [0.3, 0.4) is 0 Å². The van der Waals surface area contributed by atoms with E-state index in [0.29, 0.717) is 12.1 Å². The summed E-state index contributed by atoms with van der Waals surface area (Å²) < 4.78 is 26.1. The van der Waals surface area contributed by atoms with Gasteiger partial charge in [-0.1, -0.05) is 49.7 Å². The van der Waals surface area contributed by atoms with E-state index >= 15 is 0 Å². The van der Waals surface area contributed by atoms with Gasteiger partial charge in [-0.15, -0.1) is 0 Å². The molecule has 1 aromatic rings. The predicted octanol–water partition coefficient (Wildman–Crippen LogP) is 2.78. The molecule has 7 heteroatoms. The first-order valence-corrected chi connectivity index (χ1v) is 8.59. The fourth-order valence-corrected chi connectivity index (χ4v) is 3.59. The lowest BCUT2D eigenvalue weighted by Crippen LogP contribution is -2.28. The van der Waals surface area contributed by atoms with Gasteiger partial charge in [0.1, 0.15) is 9.88 Å². The lowest BCUT2D eigenvalue weighted by atomic mass is 10.2. The molecular formula is C13H19ClN2O2S2. The molecule has 0 heterocycles. The van der Waals surface area contributed by atoms with Crippen molar-refractivity contribution in [1.82, 2.24) is 4.31 Å². The number of nitrogens with zero attached hydrogens (tertiary/aromatic N) is 1. The molecule has 0 aliphatic rings. The molecule has 0 aliphatic carbocycles. The Morgan fingerprint density at radius 2 is 2.05 bits per heavy atom. The van der Waals surface area contributed by atoms with Crippen molar-refractivity contribution >= 4 is 38.8 Å². The van der Waals surface area contributed by atoms with Crippen LogP contribution in [0.15, 0.2) is 23.1 Å². The lowest BCUT2D eigenvalue weighted by Gasteiger charge is -2.18. The van der Waals surface area contributed by atoms with Gasteiger partial charge in [0.2, 0.25) is 10.0 Å². The summed E-state index contributed by atoms with van der Waals surface area (Å²) in [5, 5.41) is 0.137. The van der Waals surface area contributed by atoms with Crippen molar-refractivity contribution in [3.05, 3.63) is 28.8 Å². The summed E-state index contributed by atoms with van der Waals surface area (Å²) in [5.74, 6) is 0. The first kappa shape index (κ1) is 17.4. The first-order valence-electron chi connectivity index (χ1n) is 6.36. The highest BCUT2D eigenvalue weighted by Crippen LogP contribution is 2.25. The van der Waals surface area contributed by atoms with E-state index in [2.05, 4.69) is 6.92 Å². The number of sulfonamides is 1. The van der Waals surface area contributed by atoms with E-state index in [0.717, 1.165) is 19.3 Å². The third kappa shape index (κ3) is 4.15. The van der Waals surface area contributed by atoms with Crippen LogP contribution in [-0.4, -0.2) is 31.3 Å². The smallest absolute Gasteiger partial charge is 0.244 e. The minimum absolute atomic E-state index is 0.0816. The van der Waals surface area contributed by atoms with E-state index in [4.69, 9.17) is 29.6 Å².